The Morgan fingerprint density at radius 2 is 1.76 bits per heavy atom. The van der Waals surface area contributed by atoms with Gasteiger partial charge in [-0.3, -0.25) is 4.79 Å². The molecule has 3 aliphatic heterocycles. The number of carbonyl (C=O) groups is 1. The zero-order valence-electron chi connectivity index (χ0n) is 19.5. The highest BCUT2D eigenvalue weighted by molar-refractivity contribution is 5.90. The third-order valence-electron chi connectivity index (χ3n) is 5.84. The minimum Gasteiger partial charge on any atom is -0.486 e. The number of aliphatic hydroxyl groups excluding tert-OH is 1. The fraction of sp³-hybridized carbons (Fsp3) is 0.400. The minimum atomic E-state index is -1.46. The van der Waals surface area contributed by atoms with Gasteiger partial charge in [0, 0.05) is 28.1 Å². The van der Waals surface area contributed by atoms with Crippen LogP contribution in [-0.2, 0) is 22.7 Å². The quantitative estimate of drug-likeness (QED) is 0.407. The van der Waals surface area contributed by atoms with Crippen LogP contribution in [0.1, 0.15) is 56.1 Å². The molecule has 5 heterocycles. The van der Waals surface area contributed by atoms with Crippen molar-refractivity contribution in [3.05, 3.63) is 50.8 Å². The molecule has 1 atom stereocenters. The smallest absolute Gasteiger partial charge is 0.340 e. The van der Waals surface area contributed by atoms with Crippen LogP contribution in [0.25, 0.3) is 22.3 Å². The number of aryl methyl sites for hydroxylation is 1. The number of carbonyl (C=O) groups excluding carboxylic acids is 1. The summed E-state index contributed by atoms with van der Waals surface area (Å²) in [5, 5.41) is 11.1. The maximum Gasteiger partial charge on any atom is 0.340 e. The Bertz CT molecular complexity index is 1310. The van der Waals surface area contributed by atoms with E-state index in [0.717, 1.165) is 27.8 Å². The average molecular weight is 453 g/mol. The summed E-state index contributed by atoms with van der Waals surface area (Å²) in [6.07, 6.45) is -1.46. The number of rotatable bonds is 0. The number of hydrogen-bond donors (Lipinski definition) is 1. The Morgan fingerprint density at radius 1 is 1.03 bits per heavy atom. The first-order valence-electron chi connectivity index (χ1n) is 11.4. The molecule has 8 heteroatoms. The first kappa shape index (κ1) is 22.8. The fourth-order valence-corrected chi connectivity index (χ4v) is 4.37. The molecule has 2 aromatic heterocycles. The molecule has 0 spiro atoms. The van der Waals surface area contributed by atoms with Gasteiger partial charge in [0.25, 0.3) is 5.56 Å². The van der Waals surface area contributed by atoms with E-state index in [4.69, 9.17) is 19.2 Å². The second-order valence-corrected chi connectivity index (χ2v) is 7.45. The van der Waals surface area contributed by atoms with Gasteiger partial charge >= 0.3 is 5.97 Å². The molecular formula is C25H28N2O6. The Hall–Kier alpha value is -3.39. The molecule has 1 unspecified atom stereocenters. The van der Waals surface area contributed by atoms with Crippen LogP contribution in [0.5, 0.6) is 11.5 Å². The zero-order chi connectivity index (χ0) is 23.9. The number of aromatic nitrogens is 2. The van der Waals surface area contributed by atoms with E-state index in [-0.39, 0.29) is 12.2 Å². The van der Waals surface area contributed by atoms with Crippen molar-refractivity contribution < 1.29 is 24.1 Å². The van der Waals surface area contributed by atoms with Crippen LogP contribution in [0, 0.1) is 6.92 Å². The van der Waals surface area contributed by atoms with Gasteiger partial charge in [-0.15, -0.1) is 0 Å². The molecule has 0 bridgehead atoms. The van der Waals surface area contributed by atoms with E-state index in [1.54, 1.807) is 10.6 Å². The van der Waals surface area contributed by atoms with Crippen molar-refractivity contribution >= 4 is 16.9 Å². The van der Waals surface area contributed by atoms with Crippen LogP contribution in [0.2, 0.25) is 0 Å². The zero-order valence-corrected chi connectivity index (χ0v) is 19.5. The largest absolute Gasteiger partial charge is 0.486 e. The van der Waals surface area contributed by atoms with Gasteiger partial charge in [0.05, 0.1) is 29.0 Å². The summed E-state index contributed by atoms with van der Waals surface area (Å²) in [6.45, 7) is 11.2. The van der Waals surface area contributed by atoms with E-state index in [1.807, 2.05) is 46.8 Å². The number of benzene rings is 1. The molecule has 33 heavy (non-hydrogen) atoms. The first-order chi connectivity index (χ1) is 16.0. The van der Waals surface area contributed by atoms with Gasteiger partial charge in [0.15, 0.2) is 17.6 Å². The van der Waals surface area contributed by atoms with Gasteiger partial charge in [-0.2, -0.15) is 0 Å². The second-order valence-electron chi connectivity index (χ2n) is 7.45. The highest BCUT2D eigenvalue weighted by Crippen LogP contribution is 2.41. The van der Waals surface area contributed by atoms with E-state index in [0.29, 0.717) is 48.0 Å². The molecule has 6 rings (SSSR count). The van der Waals surface area contributed by atoms with E-state index in [1.165, 1.54) is 0 Å². The summed E-state index contributed by atoms with van der Waals surface area (Å²) in [4.78, 5) is 29.5. The van der Waals surface area contributed by atoms with E-state index in [2.05, 4.69) is 0 Å². The lowest BCUT2D eigenvalue weighted by Crippen LogP contribution is -2.32. The lowest BCUT2D eigenvalue weighted by Gasteiger charge is -2.22. The molecular weight excluding hydrogens is 424 g/mol. The maximum absolute atomic E-state index is 13.0. The number of cyclic esters (lactones) is 1. The number of hydrogen-bond acceptors (Lipinski definition) is 7. The lowest BCUT2D eigenvalue weighted by atomic mass is 10.00. The predicted molar refractivity (Wildman–Crippen MR) is 124 cm³/mol. The summed E-state index contributed by atoms with van der Waals surface area (Å²) >= 11 is 0. The van der Waals surface area contributed by atoms with Gasteiger partial charge < -0.3 is 23.9 Å². The van der Waals surface area contributed by atoms with Gasteiger partial charge in [-0.25, -0.2) is 9.78 Å². The van der Waals surface area contributed by atoms with Crippen molar-refractivity contribution in [3.63, 3.8) is 0 Å². The van der Waals surface area contributed by atoms with Crippen molar-refractivity contribution in [2.45, 2.75) is 53.9 Å². The number of pyridine rings is 2. The van der Waals surface area contributed by atoms with Crippen LogP contribution >= 0.6 is 0 Å². The van der Waals surface area contributed by atoms with Crippen LogP contribution < -0.4 is 15.0 Å². The second kappa shape index (κ2) is 8.86. The van der Waals surface area contributed by atoms with Crippen LogP contribution in [0.4, 0.5) is 0 Å². The molecule has 0 radical (unpaired) electrons. The Kier molecular flexibility index (Phi) is 6.12. The average Bonchev–Trinajstić information content (AvgIpc) is 3.21. The molecule has 174 valence electrons. The summed E-state index contributed by atoms with van der Waals surface area (Å²) in [5.41, 5.74) is 4.18. The molecule has 0 saturated heterocycles. The number of fused-ring (bicyclic) bond motifs is 6. The highest BCUT2D eigenvalue weighted by Gasteiger charge is 2.34. The third-order valence-corrected chi connectivity index (χ3v) is 5.84. The van der Waals surface area contributed by atoms with Gasteiger partial charge in [0.1, 0.15) is 19.8 Å². The van der Waals surface area contributed by atoms with E-state index in [9.17, 15) is 14.7 Å². The topological polar surface area (TPSA) is 99.9 Å². The SMILES string of the molecule is CC.CC.Cc1c2c(cc3nc4c(cc13)Cn1c-4cc3c(c1=O)COC(=O)C3O)OCCO2. The van der Waals surface area contributed by atoms with Crippen LogP contribution in [0.3, 0.4) is 0 Å². The van der Waals surface area contributed by atoms with E-state index < -0.39 is 12.1 Å². The fourth-order valence-electron chi connectivity index (χ4n) is 4.37. The van der Waals surface area contributed by atoms with Gasteiger partial charge in [-0.05, 0) is 19.1 Å². The van der Waals surface area contributed by atoms with Crippen molar-refractivity contribution in [3.8, 4) is 22.9 Å². The monoisotopic (exact) mass is 452 g/mol. The number of aliphatic hydroxyl groups is 1. The summed E-state index contributed by atoms with van der Waals surface area (Å²) in [6, 6.07) is 5.55. The lowest BCUT2D eigenvalue weighted by molar-refractivity contribution is -0.157. The predicted octanol–water partition coefficient (Wildman–Crippen LogP) is 3.65. The Labute approximate surface area is 191 Å². The molecule has 0 fully saturated rings. The van der Waals surface area contributed by atoms with Crippen molar-refractivity contribution in [1.82, 2.24) is 9.55 Å². The molecule has 0 saturated carbocycles. The van der Waals surface area contributed by atoms with Crippen molar-refractivity contribution in [2.24, 2.45) is 0 Å². The van der Waals surface area contributed by atoms with Crippen molar-refractivity contribution in [2.75, 3.05) is 13.2 Å². The molecule has 0 aliphatic carbocycles. The highest BCUT2D eigenvalue weighted by atomic mass is 16.6. The minimum absolute atomic E-state index is 0.128. The molecule has 1 aromatic carbocycles. The normalized spacial score (nSPS) is 16.9. The molecule has 3 aliphatic rings. The molecule has 0 amide bonds. The number of esters is 1. The Balaban J connectivity index is 0.000000617. The van der Waals surface area contributed by atoms with E-state index >= 15 is 0 Å². The van der Waals surface area contributed by atoms with Crippen molar-refractivity contribution in [1.29, 1.82) is 0 Å². The molecule has 3 aromatic rings. The molecule has 8 nitrogen and oxygen atoms in total. The van der Waals surface area contributed by atoms with Gasteiger partial charge in [0.2, 0.25) is 0 Å². The number of ether oxygens (including phenoxy) is 3. The number of nitrogens with zero attached hydrogens (tertiary/aromatic N) is 2. The van der Waals surface area contributed by atoms with Gasteiger partial charge in [-0.1, -0.05) is 27.7 Å². The first-order valence-corrected chi connectivity index (χ1v) is 11.4. The van der Waals surface area contributed by atoms with Crippen LogP contribution in [-0.4, -0.2) is 33.8 Å². The Morgan fingerprint density at radius 3 is 2.52 bits per heavy atom. The summed E-state index contributed by atoms with van der Waals surface area (Å²) in [7, 11) is 0. The third kappa shape index (κ3) is 3.45. The summed E-state index contributed by atoms with van der Waals surface area (Å²) < 4.78 is 18.0. The summed E-state index contributed by atoms with van der Waals surface area (Å²) in [5.74, 6) is 0.645. The molecule has 1 N–H and O–H groups in total. The maximum atomic E-state index is 13.0. The van der Waals surface area contributed by atoms with Crippen LogP contribution in [0.15, 0.2) is 23.0 Å². The standard InChI is InChI=1S/C21H16N2O6.2C2H6/c1-9-11-4-10-7-23-15(5-12-13(20(23)25)8-29-21(26)18(12)24)17(10)22-14(11)6-16-19(9)28-3-2-27-16;2*1-2/h4-6,18,24H,2-3,7-8H2,1H3;2*1-2H3.